The van der Waals surface area contributed by atoms with Crippen molar-refractivity contribution in [1.82, 2.24) is 20.0 Å². The summed E-state index contributed by atoms with van der Waals surface area (Å²) in [6.45, 7) is 4.02. The summed E-state index contributed by atoms with van der Waals surface area (Å²) in [5, 5.41) is 15.1. The summed E-state index contributed by atoms with van der Waals surface area (Å²) in [4.78, 5) is 23.2. The van der Waals surface area contributed by atoms with Crippen LogP contribution >= 0.6 is 0 Å². The van der Waals surface area contributed by atoms with Crippen molar-refractivity contribution in [1.29, 1.82) is 0 Å². The van der Waals surface area contributed by atoms with Crippen LogP contribution in [-0.2, 0) is 6.18 Å². The van der Waals surface area contributed by atoms with E-state index >= 15 is 0 Å². The Morgan fingerprint density at radius 2 is 1.91 bits per heavy atom. The van der Waals surface area contributed by atoms with Gasteiger partial charge in [0.05, 0.1) is 16.5 Å². The second-order valence-electron chi connectivity index (χ2n) is 7.34. The van der Waals surface area contributed by atoms with Crippen molar-refractivity contribution in [3.05, 3.63) is 64.2 Å². The molecule has 1 fully saturated rings. The molecule has 1 saturated heterocycles. The molecular weight excluding hydrogens is 429 g/mol. The molecular formula is C20H19F3N6O3. The van der Waals surface area contributed by atoms with Crippen molar-refractivity contribution < 1.29 is 22.6 Å². The third-order valence-electron chi connectivity index (χ3n) is 5.37. The summed E-state index contributed by atoms with van der Waals surface area (Å²) in [7, 11) is 0. The first-order valence-electron chi connectivity index (χ1n) is 9.83. The maximum Gasteiger partial charge on any atom is 0.416 e. The molecule has 3 heterocycles. The molecule has 9 nitrogen and oxygen atoms in total. The van der Waals surface area contributed by atoms with Crippen LogP contribution in [0.4, 0.5) is 24.7 Å². The van der Waals surface area contributed by atoms with Gasteiger partial charge in [0.15, 0.2) is 0 Å². The highest BCUT2D eigenvalue weighted by Crippen LogP contribution is 2.32. The number of halogens is 3. The minimum absolute atomic E-state index is 0.0448. The maximum absolute atomic E-state index is 13.0. The average molecular weight is 448 g/mol. The zero-order valence-electron chi connectivity index (χ0n) is 17.0. The van der Waals surface area contributed by atoms with Crippen molar-refractivity contribution in [2.24, 2.45) is 0 Å². The quantitative estimate of drug-likeness (QED) is 0.427. The van der Waals surface area contributed by atoms with Crippen molar-refractivity contribution >= 4 is 11.5 Å². The van der Waals surface area contributed by atoms with Gasteiger partial charge in [-0.1, -0.05) is 17.3 Å². The van der Waals surface area contributed by atoms with Gasteiger partial charge in [0.1, 0.15) is 0 Å². The second kappa shape index (κ2) is 8.54. The molecule has 1 aliphatic rings. The molecule has 32 heavy (non-hydrogen) atoms. The third-order valence-corrected chi connectivity index (χ3v) is 5.37. The summed E-state index contributed by atoms with van der Waals surface area (Å²) in [5.41, 5.74) is -0.611. The smallest absolute Gasteiger partial charge is 0.348 e. The maximum atomic E-state index is 13.0. The molecule has 0 saturated carbocycles. The number of alkyl halides is 3. The number of hydrogen-bond donors (Lipinski definition) is 0. The number of nitro groups is 1. The largest absolute Gasteiger partial charge is 0.416 e. The highest BCUT2D eigenvalue weighted by Gasteiger charge is 2.32. The molecule has 3 aromatic rings. The van der Waals surface area contributed by atoms with Crippen molar-refractivity contribution in [3.63, 3.8) is 0 Å². The molecule has 0 aliphatic carbocycles. The van der Waals surface area contributed by atoms with Crippen LogP contribution in [0.3, 0.4) is 0 Å². The molecule has 0 radical (unpaired) electrons. The lowest BCUT2D eigenvalue weighted by atomic mass is 10.1. The number of benzene rings is 1. The summed E-state index contributed by atoms with van der Waals surface area (Å²) >= 11 is 0. The Bertz CT molecular complexity index is 1110. The number of pyridine rings is 1. The van der Waals surface area contributed by atoms with Gasteiger partial charge in [-0.05, 0) is 25.1 Å². The van der Waals surface area contributed by atoms with E-state index in [4.69, 9.17) is 4.52 Å². The first-order valence-corrected chi connectivity index (χ1v) is 9.83. The highest BCUT2D eigenvalue weighted by molar-refractivity contribution is 5.57. The van der Waals surface area contributed by atoms with E-state index in [0.717, 1.165) is 12.1 Å². The van der Waals surface area contributed by atoms with Crippen LogP contribution < -0.4 is 4.90 Å². The molecule has 1 unspecified atom stereocenters. The van der Waals surface area contributed by atoms with E-state index in [9.17, 15) is 23.3 Å². The number of aromatic nitrogens is 3. The minimum Gasteiger partial charge on any atom is -0.348 e. The molecule has 1 aromatic carbocycles. The van der Waals surface area contributed by atoms with E-state index in [1.54, 1.807) is 0 Å². The summed E-state index contributed by atoms with van der Waals surface area (Å²) < 4.78 is 44.2. The standard InChI is InChI=1S/C20H19F3N6O3/c1-13(19-25-17(26-32-19)14-4-2-5-15(12-14)20(21,22)23)27-8-10-28(11-9-27)18-16(29(30)31)6-3-7-24-18/h2-7,12-13H,8-11H2,1H3. The van der Waals surface area contributed by atoms with Gasteiger partial charge in [0, 0.05) is 44.0 Å². The van der Waals surface area contributed by atoms with Gasteiger partial charge < -0.3 is 9.42 Å². The second-order valence-corrected chi connectivity index (χ2v) is 7.34. The summed E-state index contributed by atoms with van der Waals surface area (Å²) in [5.74, 6) is 0.699. The Morgan fingerprint density at radius 1 is 1.16 bits per heavy atom. The molecule has 0 spiro atoms. The topological polar surface area (TPSA) is 101 Å². The van der Waals surface area contributed by atoms with E-state index < -0.39 is 16.7 Å². The molecule has 0 bridgehead atoms. The Hall–Kier alpha value is -3.54. The lowest BCUT2D eigenvalue weighted by Gasteiger charge is -2.37. The molecule has 0 N–H and O–H groups in total. The Kier molecular flexibility index (Phi) is 5.78. The van der Waals surface area contributed by atoms with Crippen LogP contribution in [0, 0.1) is 10.1 Å². The van der Waals surface area contributed by atoms with Crippen LogP contribution in [0.5, 0.6) is 0 Å². The normalized spacial score (nSPS) is 16.2. The third kappa shape index (κ3) is 4.40. The average Bonchev–Trinajstić information content (AvgIpc) is 3.28. The zero-order valence-corrected chi connectivity index (χ0v) is 17.0. The van der Waals surface area contributed by atoms with Gasteiger partial charge in [-0.2, -0.15) is 18.2 Å². The van der Waals surface area contributed by atoms with E-state index in [1.165, 1.54) is 30.5 Å². The van der Waals surface area contributed by atoms with Gasteiger partial charge in [-0.3, -0.25) is 15.0 Å². The van der Waals surface area contributed by atoms with Crippen molar-refractivity contribution in [2.75, 3.05) is 31.1 Å². The zero-order chi connectivity index (χ0) is 22.9. The SMILES string of the molecule is CC(c1nc(-c2cccc(C(F)(F)F)c2)no1)N1CCN(c2ncccc2[N+](=O)[O-])CC1. The van der Waals surface area contributed by atoms with E-state index in [2.05, 4.69) is 20.0 Å². The van der Waals surface area contributed by atoms with Crippen LogP contribution in [-0.4, -0.2) is 51.1 Å². The number of anilines is 1. The predicted molar refractivity (Wildman–Crippen MR) is 108 cm³/mol. The van der Waals surface area contributed by atoms with Gasteiger partial charge in [-0.15, -0.1) is 0 Å². The van der Waals surface area contributed by atoms with E-state index in [0.29, 0.717) is 32.0 Å². The first kappa shape index (κ1) is 21.7. The van der Waals surface area contributed by atoms with E-state index in [1.807, 2.05) is 11.8 Å². The van der Waals surface area contributed by atoms with Crippen molar-refractivity contribution in [3.8, 4) is 11.4 Å². The molecule has 12 heteroatoms. The van der Waals surface area contributed by atoms with Crippen LogP contribution in [0.15, 0.2) is 47.1 Å². The van der Waals surface area contributed by atoms with Gasteiger partial charge in [0.2, 0.25) is 17.5 Å². The highest BCUT2D eigenvalue weighted by atomic mass is 19.4. The predicted octanol–water partition coefficient (Wildman–Crippen LogP) is 3.94. The van der Waals surface area contributed by atoms with Crippen LogP contribution in [0.1, 0.15) is 24.4 Å². The fourth-order valence-corrected chi connectivity index (χ4v) is 3.61. The number of piperazine rings is 1. The van der Waals surface area contributed by atoms with Gasteiger partial charge in [-0.25, -0.2) is 4.98 Å². The number of nitrogens with zero attached hydrogens (tertiary/aromatic N) is 6. The molecule has 168 valence electrons. The monoisotopic (exact) mass is 448 g/mol. The van der Waals surface area contributed by atoms with Gasteiger partial charge in [0.25, 0.3) is 0 Å². The Labute approximate surface area is 180 Å². The Morgan fingerprint density at radius 3 is 2.59 bits per heavy atom. The summed E-state index contributed by atoms with van der Waals surface area (Å²) in [6, 6.07) is 7.43. The van der Waals surface area contributed by atoms with E-state index in [-0.39, 0.29) is 29.0 Å². The fraction of sp³-hybridized carbons (Fsp3) is 0.350. The molecule has 1 atom stereocenters. The number of rotatable bonds is 5. The minimum atomic E-state index is -4.46. The molecule has 2 aromatic heterocycles. The fourth-order valence-electron chi connectivity index (χ4n) is 3.61. The van der Waals surface area contributed by atoms with Crippen LogP contribution in [0.25, 0.3) is 11.4 Å². The molecule has 1 aliphatic heterocycles. The lowest BCUT2D eigenvalue weighted by molar-refractivity contribution is -0.384. The molecule has 4 rings (SSSR count). The Balaban J connectivity index is 1.44. The summed E-state index contributed by atoms with van der Waals surface area (Å²) in [6.07, 6.45) is -2.94. The number of hydrogen-bond acceptors (Lipinski definition) is 8. The van der Waals surface area contributed by atoms with Crippen LogP contribution in [0.2, 0.25) is 0 Å². The lowest BCUT2D eigenvalue weighted by Crippen LogP contribution is -2.47. The molecule has 0 amide bonds. The van der Waals surface area contributed by atoms with Crippen molar-refractivity contribution in [2.45, 2.75) is 19.1 Å². The first-order chi connectivity index (χ1) is 15.2. The van der Waals surface area contributed by atoms with Gasteiger partial charge >= 0.3 is 11.9 Å².